The maximum absolute atomic E-state index is 12.1. The van der Waals surface area contributed by atoms with Crippen LogP contribution in [0.1, 0.15) is 25.8 Å². The third kappa shape index (κ3) is 2.64. The van der Waals surface area contributed by atoms with E-state index in [1.54, 1.807) is 11.0 Å². The quantitative estimate of drug-likeness (QED) is 0.892. The van der Waals surface area contributed by atoms with E-state index in [1.807, 2.05) is 26.0 Å². The summed E-state index contributed by atoms with van der Waals surface area (Å²) in [5.41, 5.74) is 1.68. The van der Waals surface area contributed by atoms with Crippen molar-refractivity contribution in [2.75, 3.05) is 18.1 Å². The molecule has 0 bridgehead atoms. The summed E-state index contributed by atoms with van der Waals surface area (Å²) in [7, 11) is 0. The highest BCUT2D eigenvalue weighted by molar-refractivity contribution is 5.97. The molecule has 0 radical (unpaired) electrons. The second-order valence-electron chi connectivity index (χ2n) is 4.79. The molecule has 1 amide bonds. The number of aromatic hydroxyl groups is 1. The van der Waals surface area contributed by atoms with Crippen molar-refractivity contribution in [3.63, 3.8) is 0 Å². The van der Waals surface area contributed by atoms with E-state index in [-0.39, 0.29) is 24.4 Å². The molecule has 0 spiro atoms. The number of fused-ring (bicyclic) bond motifs is 1. The second-order valence-corrected chi connectivity index (χ2v) is 4.79. The van der Waals surface area contributed by atoms with Crippen LogP contribution >= 0.6 is 0 Å². The van der Waals surface area contributed by atoms with Gasteiger partial charge in [-0.25, -0.2) is 0 Å². The van der Waals surface area contributed by atoms with Crippen LogP contribution in [0.3, 0.4) is 0 Å². The number of hydrogen-bond acceptors (Lipinski definition) is 3. The lowest BCUT2D eigenvalue weighted by molar-refractivity contribution is -0.124. The minimum atomic E-state index is -0.0915. The molecule has 1 N–H and O–H groups in total. The molecule has 1 heterocycles. The monoisotopic (exact) mass is 249 g/mol. The zero-order chi connectivity index (χ0) is 13.1. The number of anilines is 1. The normalized spacial score (nSPS) is 14.7. The van der Waals surface area contributed by atoms with Gasteiger partial charge in [0.25, 0.3) is 5.91 Å². The summed E-state index contributed by atoms with van der Waals surface area (Å²) in [6.07, 6.45) is 1.85. The average molecular weight is 249 g/mol. The van der Waals surface area contributed by atoms with Crippen molar-refractivity contribution in [1.29, 1.82) is 0 Å². The number of carbonyl (C=O) groups excluding carboxylic acids is 1. The number of benzene rings is 1. The smallest absolute Gasteiger partial charge is 0.253 e. The summed E-state index contributed by atoms with van der Waals surface area (Å²) in [5, 5.41) is 9.92. The number of rotatable bonds is 3. The molecule has 1 aliphatic heterocycles. The molecule has 98 valence electrons. The van der Waals surface area contributed by atoms with Gasteiger partial charge in [-0.3, -0.25) is 4.79 Å². The first-order valence-corrected chi connectivity index (χ1v) is 6.32. The van der Waals surface area contributed by atoms with E-state index < -0.39 is 0 Å². The lowest BCUT2D eigenvalue weighted by Crippen LogP contribution is -2.38. The highest BCUT2D eigenvalue weighted by atomic mass is 16.5. The molecule has 0 saturated carbocycles. The zero-order valence-corrected chi connectivity index (χ0v) is 10.8. The van der Waals surface area contributed by atoms with E-state index in [9.17, 15) is 9.90 Å². The summed E-state index contributed by atoms with van der Waals surface area (Å²) in [6, 6.07) is 5.39. The maximum atomic E-state index is 12.1. The van der Waals surface area contributed by atoms with Crippen LogP contribution in [0.2, 0.25) is 0 Å². The van der Waals surface area contributed by atoms with Gasteiger partial charge < -0.3 is 14.7 Å². The Hall–Kier alpha value is -1.55. The standard InChI is InChI=1S/C14H19NO3/c1-10(2)18-9-13(17)15-8-4-6-11-5-3-7-12(16)14(11)15/h3,5,7,10,16H,4,6,8-9H2,1-2H3. The van der Waals surface area contributed by atoms with Crippen LogP contribution in [0.15, 0.2) is 18.2 Å². The Labute approximate surface area is 107 Å². The number of nitrogens with zero attached hydrogens (tertiary/aromatic N) is 1. The first-order chi connectivity index (χ1) is 8.59. The van der Waals surface area contributed by atoms with Gasteiger partial charge in [0.15, 0.2) is 0 Å². The van der Waals surface area contributed by atoms with Gasteiger partial charge in [0.05, 0.1) is 11.8 Å². The molecule has 1 aromatic rings. The summed E-state index contributed by atoms with van der Waals surface area (Å²) in [6.45, 7) is 4.50. The van der Waals surface area contributed by atoms with Gasteiger partial charge in [0, 0.05) is 6.54 Å². The van der Waals surface area contributed by atoms with Gasteiger partial charge in [-0.05, 0) is 38.3 Å². The first-order valence-electron chi connectivity index (χ1n) is 6.32. The average Bonchev–Trinajstić information content (AvgIpc) is 2.35. The number of phenolic OH excluding ortho intramolecular Hbond substituents is 1. The highest BCUT2D eigenvalue weighted by Gasteiger charge is 2.25. The van der Waals surface area contributed by atoms with Gasteiger partial charge in [0.2, 0.25) is 0 Å². The van der Waals surface area contributed by atoms with Crippen LogP contribution in [-0.4, -0.2) is 30.3 Å². The first kappa shape index (κ1) is 12.9. The van der Waals surface area contributed by atoms with Crippen molar-refractivity contribution in [3.05, 3.63) is 23.8 Å². The van der Waals surface area contributed by atoms with Crippen molar-refractivity contribution >= 4 is 11.6 Å². The van der Waals surface area contributed by atoms with E-state index in [0.29, 0.717) is 12.2 Å². The van der Waals surface area contributed by atoms with E-state index in [1.165, 1.54) is 0 Å². The van der Waals surface area contributed by atoms with Gasteiger partial charge >= 0.3 is 0 Å². The second kappa shape index (κ2) is 5.40. The highest BCUT2D eigenvalue weighted by Crippen LogP contribution is 2.35. The lowest BCUT2D eigenvalue weighted by Gasteiger charge is -2.30. The lowest BCUT2D eigenvalue weighted by atomic mass is 10.0. The van der Waals surface area contributed by atoms with E-state index in [4.69, 9.17) is 4.74 Å². The molecule has 0 aromatic heterocycles. The zero-order valence-electron chi connectivity index (χ0n) is 10.8. The molecule has 4 heteroatoms. The van der Waals surface area contributed by atoms with E-state index in [2.05, 4.69) is 0 Å². The number of carbonyl (C=O) groups is 1. The van der Waals surface area contributed by atoms with Crippen molar-refractivity contribution in [2.24, 2.45) is 0 Å². The summed E-state index contributed by atoms with van der Waals surface area (Å²) in [4.78, 5) is 13.7. The topological polar surface area (TPSA) is 49.8 Å². The largest absolute Gasteiger partial charge is 0.506 e. The summed E-state index contributed by atoms with van der Waals surface area (Å²) in [5.74, 6) is 0.0799. The Bertz CT molecular complexity index is 443. The predicted octanol–water partition coefficient (Wildman–Crippen LogP) is 2.10. The van der Waals surface area contributed by atoms with Crippen LogP contribution in [-0.2, 0) is 16.0 Å². The number of hydrogen-bond donors (Lipinski definition) is 1. The maximum Gasteiger partial charge on any atom is 0.253 e. The number of para-hydroxylation sites is 1. The van der Waals surface area contributed by atoms with Gasteiger partial charge in [-0.1, -0.05) is 12.1 Å². The molecule has 2 rings (SSSR count). The molecule has 0 unspecified atom stereocenters. The number of amides is 1. The minimum absolute atomic E-state index is 0.0302. The molecule has 0 saturated heterocycles. The van der Waals surface area contributed by atoms with E-state index in [0.717, 1.165) is 18.4 Å². The number of phenols is 1. The van der Waals surface area contributed by atoms with E-state index >= 15 is 0 Å². The molecule has 1 aromatic carbocycles. The van der Waals surface area contributed by atoms with Crippen molar-refractivity contribution in [3.8, 4) is 5.75 Å². The number of ether oxygens (including phenoxy) is 1. The van der Waals surface area contributed by atoms with Crippen molar-refractivity contribution in [2.45, 2.75) is 32.8 Å². The molecule has 4 nitrogen and oxygen atoms in total. The van der Waals surface area contributed by atoms with Crippen LogP contribution in [0.5, 0.6) is 5.75 Å². The molecular formula is C14H19NO3. The van der Waals surface area contributed by atoms with Gasteiger partial charge in [0.1, 0.15) is 12.4 Å². The van der Waals surface area contributed by atoms with Gasteiger partial charge in [-0.15, -0.1) is 0 Å². The van der Waals surface area contributed by atoms with Crippen LogP contribution in [0, 0.1) is 0 Å². The fourth-order valence-electron chi connectivity index (χ4n) is 2.20. The predicted molar refractivity (Wildman–Crippen MR) is 69.9 cm³/mol. The Morgan fingerprint density at radius 2 is 2.28 bits per heavy atom. The number of aryl methyl sites for hydroxylation is 1. The Morgan fingerprint density at radius 1 is 1.50 bits per heavy atom. The molecule has 0 fully saturated rings. The third-order valence-electron chi connectivity index (χ3n) is 3.04. The van der Waals surface area contributed by atoms with Crippen molar-refractivity contribution in [1.82, 2.24) is 0 Å². The molecule has 0 atom stereocenters. The Balaban J connectivity index is 2.19. The molecule has 0 aliphatic carbocycles. The summed E-state index contributed by atoms with van der Waals surface area (Å²) >= 11 is 0. The van der Waals surface area contributed by atoms with Crippen LogP contribution in [0.4, 0.5) is 5.69 Å². The minimum Gasteiger partial charge on any atom is -0.506 e. The van der Waals surface area contributed by atoms with Crippen LogP contribution in [0.25, 0.3) is 0 Å². The SMILES string of the molecule is CC(C)OCC(=O)N1CCCc2cccc(O)c21. The summed E-state index contributed by atoms with van der Waals surface area (Å²) < 4.78 is 5.34. The molecule has 1 aliphatic rings. The Kier molecular flexibility index (Phi) is 3.87. The molecule has 18 heavy (non-hydrogen) atoms. The van der Waals surface area contributed by atoms with Crippen molar-refractivity contribution < 1.29 is 14.6 Å². The molecular weight excluding hydrogens is 230 g/mol. The van der Waals surface area contributed by atoms with Gasteiger partial charge in [-0.2, -0.15) is 0 Å². The fraction of sp³-hybridized carbons (Fsp3) is 0.500. The van der Waals surface area contributed by atoms with Crippen LogP contribution < -0.4 is 4.90 Å². The Morgan fingerprint density at radius 3 is 3.00 bits per heavy atom. The third-order valence-corrected chi connectivity index (χ3v) is 3.04. The fourth-order valence-corrected chi connectivity index (χ4v) is 2.20.